The molecule has 0 amide bonds. The predicted molar refractivity (Wildman–Crippen MR) is 72.2 cm³/mol. The van der Waals surface area contributed by atoms with E-state index in [9.17, 15) is 0 Å². The van der Waals surface area contributed by atoms with Gasteiger partial charge in [0, 0.05) is 11.9 Å². The van der Waals surface area contributed by atoms with Gasteiger partial charge in [0.2, 0.25) is 0 Å². The highest BCUT2D eigenvalue weighted by Crippen LogP contribution is 2.19. The number of nitrogens with one attached hydrogen (secondary N) is 1. The van der Waals surface area contributed by atoms with Gasteiger partial charge in [-0.15, -0.1) is 0 Å². The molecule has 1 unspecified atom stereocenters. The van der Waals surface area contributed by atoms with Gasteiger partial charge in [-0.1, -0.05) is 12.1 Å². The van der Waals surface area contributed by atoms with Crippen LogP contribution in [-0.4, -0.2) is 4.98 Å². The number of rotatable bonds is 3. The minimum atomic E-state index is 0.220. The van der Waals surface area contributed by atoms with Crippen LogP contribution in [0.4, 0.5) is 5.69 Å². The Labute approximate surface area is 103 Å². The molecule has 0 fully saturated rings. The lowest BCUT2D eigenvalue weighted by Crippen LogP contribution is -2.08. The van der Waals surface area contributed by atoms with Crippen LogP contribution in [-0.2, 0) is 0 Å². The Morgan fingerprint density at radius 1 is 1.06 bits per heavy atom. The fourth-order valence-electron chi connectivity index (χ4n) is 2.01. The van der Waals surface area contributed by atoms with Crippen molar-refractivity contribution >= 4 is 5.69 Å². The lowest BCUT2D eigenvalue weighted by Gasteiger charge is -2.15. The summed E-state index contributed by atoms with van der Waals surface area (Å²) in [6.07, 6.45) is 1.83. The standard InChI is InChI=1S/C15H18N2/c1-11-8-12(2)10-14(9-11)17-13(3)15-6-4-5-7-16-15/h4-10,13,17H,1-3H3. The highest BCUT2D eigenvalue weighted by atomic mass is 14.9. The van der Waals surface area contributed by atoms with E-state index in [1.807, 2.05) is 24.4 Å². The summed E-state index contributed by atoms with van der Waals surface area (Å²) in [7, 11) is 0. The van der Waals surface area contributed by atoms with Crippen molar-refractivity contribution in [2.24, 2.45) is 0 Å². The molecule has 0 radical (unpaired) electrons. The molecule has 2 heteroatoms. The first-order chi connectivity index (χ1) is 8.15. The molecule has 0 saturated carbocycles. The molecule has 2 rings (SSSR count). The van der Waals surface area contributed by atoms with Gasteiger partial charge in [-0.25, -0.2) is 0 Å². The van der Waals surface area contributed by atoms with Crippen LogP contribution in [0.5, 0.6) is 0 Å². The van der Waals surface area contributed by atoms with Crippen LogP contribution in [0.2, 0.25) is 0 Å². The van der Waals surface area contributed by atoms with Crippen LogP contribution < -0.4 is 5.32 Å². The average Bonchev–Trinajstić information content (AvgIpc) is 2.28. The smallest absolute Gasteiger partial charge is 0.0657 e. The van der Waals surface area contributed by atoms with Crippen LogP contribution in [0.15, 0.2) is 42.6 Å². The lowest BCUT2D eigenvalue weighted by atomic mass is 10.1. The molecule has 2 aromatic rings. The molecule has 1 N–H and O–H groups in total. The minimum Gasteiger partial charge on any atom is -0.377 e. The fourth-order valence-corrected chi connectivity index (χ4v) is 2.01. The van der Waals surface area contributed by atoms with Gasteiger partial charge in [0.05, 0.1) is 11.7 Å². The Morgan fingerprint density at radius 3 is 2.35 bits per heavy atom. The van der Waals surface area contributed by atoms with Crippen molar-refractivity contribution in [3.05, 3.63) is 59.4 Å². The van der Waals surface area contributed by atoms with Gasteiger partial charge in [-0.3, -0.25) is 4.98 Å². The van der Waals surface area contributed by atoms with E-state index in [1.165, 1.54) is 11.1 Å². The van der Waals surface area contributed by atoms with Crippen LogP contribution in [0.3, 0.4) is 0 Å². The molecule has 88 valence electrons. The second-order valence-corrected chi connectivity index (χ2v) is 4.50. The fraction of sp³-hybridized carbons (Fsp3) is 0.267. The minimum absolute atomic E-state index is 0.220. The van der Waals surface area contributed by atoms with Gasteiger partial charge < -0.3 is 5.32 Å². The highest BCUT2D eigenvalue weighted by Gasteiger charge is 2.06. The maximum absolute atomic E-state index is 4.36. The number of anilines is 1. The summed E-state index contributed by atoms with van der Waals surface area (Å²) < 4.78 is 0. The van der Waals surface area contributed by atoms with Crippen molar-refractivity contribution in [3.8, 4) is 0 Å². The van der Waals surface area contributed by atoms with Gasteiger partial charge in [0.25, 0.3) is 0 Å². The number of aromatic nitrogens is 1. The molecule has 17 heavy (non-hydrogen) atoms. The Morgan fingerprint density at radius 2 is 1.76 bits per heavy atom. The van der Waals surface area contributed by atoms with E-state index in [0.29, 0.717) is 0 Å². The van der Waals surface area contributed by atoms with Crippen LogP contribution in [0.1, 0.15) is 29.8 Å². The largest absolute Gasteiger partial charge is 0.377 e. The zero-order chi connectivity index (χ0) is 12.3. The van der Waals surface area contributed by atoms with Crippen LogP contribution in [0.25, 0.3) is 0 Å². The van der Waals surface area contributed by atoms with E-state index in [4.69, 9.17) is 0 Å². The summed E-state index contributed by atoms with van der Waals surface area (Å²) in [6, 6.07) is 12.7. The molecular weight excluding hydrogens is 208 g/mol. The number of nitrogens with zero attached hydrogens (tertiary/aromatic N) is 1. The van der Waals surface area contributed by atoms with Crippen molar-refractivity contribution < 1.29 is 0 Å². The van der Waals surface area contributed by atoms with Crippen molar-refractivity contribution in [1.29, 1.82) is 0 Å². The van der Waals surface area contributed by atoms with E-state index in [0.717, 1.165) is 11.4 Å². The monoisotopic (exact) mass is 226 g/mol. The van der Waals surface area contributed by atoms with Gasteiger partial charge in [-0.05, 0) is 56.2 Å². The Kier molecular flexibility index (Phi) is 3.43. The van der Waals surface area contributed by atoms with Crippen molar-refractivity contribution in [2.45, 2.75) is 26.8 Å². The molecule has 0 spiro atoms. The molecular formula is C15H18N2. The second kappa shape index (κ2) is 5.00. The molecule has 1 aromatic carbocycles. The first-order valence-corrected chi connectivity index (χ1v) is 5.91. The van der Waals surface area contributed by atoms with E-state index < -0.39 is 0 Å². The quantitative estimate of drug-likeness (QED) is 0.859. The Hall–Kier alpha value is -1.83. The lowest BCUT2D eigenvalue weighted by molar-refractivity contribution is 0.839. The third-order valence-corrected chi connectivity index (χ3v) is 2.74. The first-order valence-electron chi connectivity index (χ1n) is 5.91. The molecule has 1 aromatic heterocycles. The molecule has 0 aliphatic carbocycles. The summed E-state index contributed by atoms with van der Waals surface area (Å²) in [4.78, 5) is 4.36. The second-order valence-electron chi connectivity index (χ2n) is 4.50. The average molecular weight is 226 g/mol. The number of aryl methyl sites for hydroxylation is 2. The molecule has 0 aliphatic heterocycles. The van der Waals surface area contributed by atoms with E-state index in [1.54, 1.807) is 0 Å². The summed E-state index contributed by atoms with van der Waals surface area (Å²) in [5, 5.41) is 3.48. The normalized spacial score (nSPS) is 12.2. The van der Waals surface area contributed by atoms with Crippen molar-refractivity contribution in [2.75, 3.05) is 5.32 Å². The van der Waals surface area contributed by atoms with Crippen LogP contribution in [0, 0.1) is 13.8 Å². The number of hydrogen-bond acceptors (Lipinski definition) is 2. The molecule has 0 saturated heterocycles. The highest BCUT2D eigenvalue weighted by molar-refractivity contribution is 5.49. The zero-order valence-electron chi connectivity index (χ0n) is 10.6. The number of benzene rings is 1. The van der Waals surface area contributed by atoms with E-state index in [2.05, 4.69) is 49.3 Å². The molecule has 1 atom stereocenters. The van der Waals surface area contributed by atoms with Crippen molar-refractivity contribution in [3.63, 3.8) is 0 Å². The maximum Gasteiger partial charge on any atom is 0.0657 e. The number of pyridine rings is 1. The Bertz CT molecular complexity index is 471. The SMILES string of the molecule is Cc1cc(C)cc(NC(C)c2ccccn2)c1. The third kappa shape index (κ3) is 3.06. The molecule has 1 heterocycles. The maximum atomic E-state index is 4.36. The van der Waals surface area contributed by atoms with Gasteiger partial charge in [0.1, 0.15) is 0 Å². The van der Waals surface area contributed by atoms with Gasteiger partial charge in [0.15, 0.2) is 0 Å². The van der Waals surface area contributed by atoms with Crippen molar-refractivity contribution in [1.82, 2.24) is 4.98 Å². The molecule has 0 aliphatic rings. The van der Waals surface area contributed by atoms with Gasteiger partial charge >= 0.3 is 0 Å². The van der Waals surface area contributed by atoms with Crippen LogP contribution >= 0.6 is 0 Å². The summed E-state index contributed by atoms with van der Waals surface area (Å²) in [5.41, 5.74) is 4.77. The Balaban J connectivity index is 2.16. The van der Waals surface area contributed by atoms with E-state index >= 15 is 0 Å². The first kappa shape index (κ1) is 11.6. The summed E-state index contributed by atoms with van der Waals surface area (Å²) >= 11 is 0. The number of hydrogen-bond donors (Lipinski definition) is 1. The topological polar surface area (TPSA) is 24.9 Å². The summed E-state index contributed by atoms with van der Waals surface area (Å²) in [6.45, 7) is 6.35. The van der Waals surface area contributed by atoms with E-state index in [-0.39, 0.29) is 6.04 Å². The predicted octanol–water partition coefficient (Wildman–Crippen LogP) is 3.87. The zero-order valence-corrected chi connectivity index (χ0v) is 10.6. The van der Waals surface area contributed by atoms with Gasteiger partial charge in [-0.2, -0.15) is 0 Å². The summed E-state index contributed by atoms with van der Waals surface area (Å²) in [5.74, 6) is 0. The molecule has 2 nitrogen and oxygen atoms in total. The third-order valence-electron chi connectivity index (χ3n) is 2.74. The molecule has 0 bridgehead atoms.